The lowest BCUT2D eigenvalue weighted by Gasteiger charge is -2.38. The van der Waals surface area contributed by atoms with E-state index in [0.29, 0.717) is 12.8 Å². The monoisotopic (exact) mass is 352 g/mol. The molecule has 3 rings (SSSR count). The first-order valence-corrected chi connectivity index (χ1v) is 9.23. The Kier molecular flexibility index (Phi) is 6.24. The summed E-state index contributed by atoms with van der Waals surface area (Å²) in [5, 5.41) is 0. The fourth-order valence-corrected chi connectivity index (χ4v) is 3.76. The Morgan fingerprint density at radius 3 is 2.52 bits per heavy atom. The van der Waals surface area contributed by atoms with Crippen LogP contribution in [0, 0.1) is 11.6 Å². The average Bonchev–Trinajstić information content (AvgIpc) is 3.15. The number of hydrogen-bond donors (Lipinski definition) is 0. The highest BCUT2D eigenvalue weighted by molar-refractivity contribution is 5.76. The van der Waals surface area contributed by atoms with Crippen LogP contribution < -0.4 is 4.74 Å². The third-order valence-electron chi connectivity index (χ3n) is 5.19. The zero-order valence-corrected chi connectivity index (χ0v) is 14.6. The van der Waals surface area contributed by atoms with E-state index in [9.17, 15) is 13.6 Å². The van der Waals surface area contributed by atoms with E-state index in [0.717, 1.165) is 44.4 Å². The van der Waals surface area contributed by atoms with E-state index >= 15 is 0 Å². The summed E-state index contributed by atoms with van der Waals surface area (Å²) in [6.45, 7) is 3.77. The molecule has 1 amide bonds. The molecule has 1 aliphatic carbocycles. The van der Waals surface area contributed by atoms with Crippen LogP contribution in [0.15, 0.2) is 18.2 Å². The number of carbonyl (C=O) groups excluding carboxylic acids is 1. The van der Waals surface area contributed by atoms with Crippen LogP contribution >= 0.6 is 0 Å². The van der Waals surface area contributed by atoms with Crippen LogP contribution in [0.1, 0.15) is 38.5 Å². The van der Waals surface area contributed by atoms with Gasteiger partial charge in [-0.15, -0.1) is 0 Å². The first-order valence-electron chi connectivity index (χ1n) is 9.23. The van der Waals surface area contributed by atoms with Gasteiger partial charge in [-0.2, -0.15) is 0 Å². The first kappa shape index (κ1) is 18.1. The first-order chi connectivity index (χ1) is 12.1. The Morgan fingerprint density at radius 2 is 1.84 bits per heavy atom. The zero-order valence-electron chi connectivity index (χ0n) is 14.6. The van der Waals surface area contributed by atoms with Gasteiger partial charge in [0.2, 0.25) is 5.91 Å². The van der Waals surface area contributed by atoms with Gasteiger partial charge in [0, 0.05) is 44.7 Å². The van der Waals surface area contributed by atoms with Crippen LogP contribution in [0.3, 0.4) is 0 Å². The highest BCUT2D eigenvalue weighted by Crippen LogP contribution is 2.24. The fourth-order valence-electron chi connectivity index (χ4n) is 3.76. The van der Waals surface area contributed by atoms with Gasteiger partial charge in [0.1, 0.15) is 5.82 Å². The van der Waals surface area contributed by atoms with E-state index in [2.05, 4.69) is 4.90 Å². The van der Waals surface area contributed by atoms with Crippen molar-refractivity contribution in [1.82, 2.24) is 9.80 Å². The van der Waals surface area contributed by atoms with Gasteiger partial charge in [-0.1, -0.05) is 12.8 Å². The van der Waals surface area contributed by atoms with E-state index in [4.69, 9.17) is 4.74 Å². The Bertz CT molecular complexity index is 583. The smallest absolute Gasteiger partial charge is 0.222 e. The normalized spacial score (nSPS) is 19.4. The largest absolute Gasteiger partial charge is 0.491 e. The summed E-state index contributed by atoms with van der Waals surface area (Å²) in [4.78, 5) is 16.7. The lowest BCUT2D eigenvalue weighted by molar-refractivity contribution is -0.133. The standard InChI is InChI=1S/C19H26F2N2O2/c20-15-7-8-18(17(21)14-15)25-13-3-6-19(24)23-11-9-22(10-12-23)16-4-1-2-5-16/h7-8,14,16H,1-6,9-13H2. The van der Waals surface area contributed by atoms with Crippen molar-refractivity contribution in [2.24, 2.45) is 0 Å². The molecule has 0 unspecified atom stereocenters. The molecule has 138 valence electrons. The van der Waals surface area contributed by atoms with Crippen LogP contribution in [0.5, 0.6) is 5.75 Å². The topological polar surface area (TPSA) is 32.8 Å². The van der Waals surface area contributed by atoms with Crippen LogP contribution in [0.2, 0.25) is 0 Å². The Labute approximate surface area is 147 Å². The van der Waals surface area contributed by atoms with E-state index in [-0.39, 0.29) is 18.3 Å². The van der Waals surface area contributed by atoms with Crippen molar-refractivity contribution >= 4 is 5.91 Å². The lowest BCUT2D eigenvalue weighted by atomic mass is 10.1. The number of benzene rings is 1. The molecule has 0 spiro atoms. The number of carbonyl (C=O) groups is 1. The third kappa shape index (κ3) is 4.91. The lowest BCUT2D eigenvalue weighted by Crippen LogP contribution is -2.51. The van der Waals surface area contributed by atoms with Gasteiger partial charge in [0.25, 0.3) is 0 Å². The van der Waals surface area contributed by atoms with Crippen LogP contribution in [0.4, 0.5) is 8.78 Å². The maximum absolute atomic E-state index is 13.4. The number of halogens is 2. The summed E-state index contributed by atoms with van der Waals surface area (Å²) in [7, 11) is 0. The SMILES string of the molecule is O=C(CCCOc1ccc(F)cc1F)N1CCN(C2CCCC2)CC1. The van der Waals surface area contributed by atoms with E-state index in [1.54, 1.807) is 0 Å². The molecule has 1 aliphatic heterocycles. The van der Waals surface area contributed by atoms with Crippen molar-refractivity contribution in [1.29, 1.82) is 0 Å². The maximum atomic E-state index is 13.4. The van der Waals surface area contributed by atoms with Crippen LogP contribution in [-0.4, -0.2) is 54.5 Å². The van der Waals surface area contributed by atoms with Gasteiger partial charge in [-0.3, -0.25) is 9.69 Å². The molecule has 4 nitrogen and oxygen atoms in total. The molecule has 1 heterocycles. The van der Waals surface area contributed by atoms with E-state index in [1.165, 1.54) is 31.7 Å². The van der Waals surface area contributed by atoms with Crippen molar-refractivity contribution in [3.8, 4) is 5.75 Å². The molecule has 0 aromatic heterocycles. The molecule has 0 bridgehead atoms. The Hall–Kier alpha value is -1.69. The minimum Gasteiger partial charge on any atom is -0.491 e. The summed E-state index contributed by atoms with van der Waals surface area (Å²) in [6, 6.07) is 3.95. The summed E-state index contributed by atoms with van der Waals surface area (Å²) < 4.78 is 31.6. The molecule has 1 aromatic carbocycles. The fraction of sp³-hybridized carbons (Fsp3) is 0.632. The van der Waals surface area contributed by atoms with Gasteiger partial charge >= 0.3 is 0 Å². The molecule has 2 fully saturated rings. The van der Waals surface area contributed by atoms with Gasteiger partial charge < -0.3 is 9.64 Å². The number of nitrogens with zero attached hydrogens (tertiary/aromatic N) is 2. The number of ether oxygens (including phenoxy) is 1. The summed E-state index contributed by atoms with van der Waals surface area (Å²) >= 11 is 0. The van der Waals surface area contributed by atoms with Crippen molar-refractivity contribution in [2.75, 3.05) is 32.8 Å². The number of amides is 1. The molecule has 0 radical (unpaired) electrons. The second-order valence-electron chi connectivity index (χ2n) is 6.88. The van der Waals surface area contributed by atoms with Gasteiger partial charge in [-0.05, 0) is 31.4 Å². The van der Waals surface area contributed by atoms with Gasteiger partial charge in [0.05, 0.1) is 6.61 Å². The average molecular weight is 352 g/mol. The van der Waals surface area contributed by atoms with E-state index < -0.39 is 11.6 Å². The molecular weight excluding hydrogens is 326 g/mol. The Morgan fingerprint density at radius 1 is 1.12 bits per heavy atom. The summed E-state index contributed by atoms with van der Waals surface area (Å²) in [6.07, 6.45) is 6.18. The summed E-state index contributed by atoms with van der Waals surface area (Å²) in [5.41, 5.74) is 0. The molecule has 6 heteroatoms. The van der Waals surface area contributed by atoms with Crippen molar-refractivity contribution < 1.29 is 18.3 Å². The quantitative estimate of drug-likeness (QED) is 0.737. The number of piperazine rings is 1. The van der Waals surface area contributed by atoms with Gasteiger partial charge in [-0.25, -0.2) is 8.78 Å². The van der Waals surface area contributed by atoms with Crippen LogP contribution in [0.25, 0.3) is 0 Å². The molecule has 0 N–H and O–H groups in total. The van der Waals surface area contributed by atoms with Crippen molar-refractivity contribution in [3.63, 3.8) is 0 Å². The molecule has 0 atom stereocenters. The number of hydrogen-bond acceptors (Lipinski definition) is 3. The minimum atomic E-state index is -0.714. The molecular formula is C19H26F2N2O2. The number of rotatable bonds is 6. The second-order valence-corrected chi connectivity index (χ2v) is 6.88. The highest BCUT2D eigenvalue weighted by Gasteiger charge is 2.27. The molecule has 2 aliphatic rings. The van der Waals surface area contributed by atoms with Gasteiger partial charge in [0.15, 0.2) is 11.6 Å². The third-order valence-corrected chi connectivity index (χ3v) is 5.19. The van der Waals surface area contributed by atoms with Crippen LogP contribution in [-0.2, 0) is 4.79 Å². The molecule has 1 saturated carbocycles. The minimum absolute atomic E-state index is 0.0269. The molecule has 25 heavy (non-hydrogen) atoms. The Balaban J connectivity index is 1.34. The maximum Gasteiger partial charge on any atom is 0.222 e. The molecule has 1 saturated heterocycles. The summed E-state index contributed by atoms with van der Waals surface area (Å²) in [5.74, 6) is -1.18. The predicted octanol–water partition coefficient (Wildman–Crippen LogP) is 3.21. The van der Waals surface area contributed by atoms with E-state index in [1.807, 2.05) is 4.90 Å². The highest BCUT2D eigenvalue weighted by atomic mass is 19.1. The zero-order chi connectivity index (χ0) is 17.6. The van der Waals surface area contributed by atoms with Crippen molar-refractivity contribution in [2.45, 2.75) is 44.6 Å². The second kappa shape index (κ2) is 8.61. The predicted molar refractivity (Wildman–Crippen MR) is 91.5 cm³/mol. The molecule has 1 aromatic rings. The van der Waals surface area contributed by atoms with Crippen molar-refractivity contribution in [3.05, 3.63) is 29.8 Å².